The van der Waals surface area contributed by atoms with Crippen molar-refractivity contribution < 1.29 is 18.4 Å². The molecule has 4 aromatic rings. The minimum atomic E-state index is -0.923. The lowest BCUT2D eigenvalue weighted by Crippen LogP contribution is -2.44. The molecule has 0 bridgehead atoms. The summed E-state index contributed by atoms with van der Waals surface area (Å²) in [6, 6.07) is 17.3. The monoisotopic (exact) mass is 448 g/mol. The minimum Gasteiger partial charge on any atom is -0.340 e. The van der Waals surface area contributed by atoms with Crippen molar-refractivity contribution in [3.8, 4) is 0 Å². The maximum atomic E-state index is 13.7. The summed E-state index contributed by atoms with van der Waals surface area (Å²) in [6.07, 6.45) is 0. The van der Waals surface area contributed by atoms with E-state index in [1.165, 1.54) is 5.56 Å². The van der Waals surface area contributed by atoms with Crippen LogP contribution in [0.3, 0.4) is 0 Å². The van der Waals surface area contributed by atoms with Gasteiger partial charge >= 0.3 is 6.03 Å². The smallest absolute Gasteiger partial charge is 0.338 e. The van der Waals surface area contributed by atoms with E-state index in [0.717, 1.165) is 34.3 Å². The molecule has 3 aromatic carbocycles. The molecule has 33 heavy (non-hydrogen) atoms. The number of urea groups is 1. The molecular weight excluding hydrogens is 426 g/mol. The van der Waals surface area contributed by atoms with Gasteiger partial charge in [0.25, 0.3) is 5.91 Å². The first-order valence-electron chi connectivity index (χ1n) is 10.3. The first kappa shape index (κ1) is 22.0. The number of anilines is 1. The van der Waals surface area contributed by atoms with Crippen LogP contribution in [0.1, 0.15) is 27.2 Å². The molecule has 0 unspecified atom stereocenters. The number of amides is 3. The number of hydrogen-bond acceptors (Lipinski definition) is 2. The fourth-order valence-electron chi connectivity index (χ4n) is 3.69. The van der Waals surface area contributed by atoms with Gasteiger partial charge in [0.1, 0.15) is 11.6 Å². The first-order valence-corrected chi connectivity index (χ1v) is 10.3. The zero-order valence-corrected chi connectivity index (χ0v) is 18.1. The summed E-state index contributed by atoms with van der Waals surface area (Å²) < 4.78 is 28.8. The number of fused-ring (bicyclic) bond motifs is 1. The topological polar surface area (TPSA) is 75.2 Å². The van der Waals surface area contributed by atoms with Crippen LogP contribution in [0, 0.1) is 25.5 Å². The Kier molecular flexibility index (Phi) is 6.08. The minimum absolute atomic E-state index is 0.213. The highest BCUT2D eigenvalue weighted by atomic mass is 19.1. The molecule has 0 saturated heterocycles. The third kappa shape index (κ3) is 4.69. The highest BCUT2D eigenvalue weighted by Crippen LogP contribution is 2.27. The van der Waals surface area contributed by atoms with Crippen LogP contribution in [0.4, 0.5) is 19.3 Å². The van der Waals surface area contributed by atoms with Crippen LogP contribution in [0.15, 0.2) is 66.7 Å². The summed E-state index contributed by atoms with van der Waals surface area (Å²) in [5.41, 5.74) is 8.94. The quantitative estimate of drug-likeness (QED) is 0.382. The fourth-order valence-corrected chi connectivity index (χ4v) is 3.69. The van der Waals surface area contributed by atoms with E-state index in [1.807, 2.05) is 38.1 Å². The molecule has 0 saturated carbocycles. The van der Waals surface area contributed by atoms with Crippen LogP contribution in [0.2, 0.25) is 0 Å². The van der Waals surface area contributed by atoms with Gasteiger partial charge < -0.3 is 9.88 Å². The van der Waals surface area contributed by atoms with Crippen LogP contribution in [0.25, 0.3) is 10.9 Å². The summed E-state index contributed by atoms with van der Waals surface area (Å²) in [7, 11) is 0. The van der Waals surface area contributed by atoms with Gasteiger partial charge in [-0.05, 0) is 55.3 Å². The molecule has 0 aliphatic carbocycles. The molecule has 168 valence electrons. The molecule has 1 heterocycles. The van der Waals surface area contributed by atoms with Crippen molar-refractivity contribution in [2.75, 3.05) is 5.32 Å². The third-order valence-electron chi connectivity index (χ3n) is 5.55. The molecule has 6 nitrogen and oxygen atoms in total. The van der Waals surface area contributed by atoms with E-state index >= 15 is 0 Å². The average molecular weight is 448 g/mol. The molecule has 8 heteroatoms. The fraction of sp³-hybridized carbons (Fsp3) is 0.120. The summed E-state index contributed by atoms with van der Waals surface area (Å²) in [5.74, 6) is -2.21. The van der Waals surface area contributed by atoms with Crippen LogP contribution in [-0.2, 0) is 6.54 Å². The zero-order valence-electron chi connectivity index (χ0n) is 18.1. The van der Waals surface area contributed by atoms with Crippen molar-refractivity contribution in [3.63, 3.8) is 0 Å². The Morgan fingerprint density at radius 2 is 1.67 bits per heavy atom. The molecule has 4 rings (SSSR count). The predicted octanol–water partition coefficient (Wildman–Crippen LogP) is 5.05. The molecular formula is C25H22F2N4O2. The van der Waals surface area contributed by atoms with Gasteiger partial charge in [-0.2, -0.15) is 0 Å². The largest absolute Gasteiger partial charge is 0.340 e. The summed E-state index contributed by atoms with van der Waals surface area (Å²) in [6.45, 7) is 4.76. The summed E-state index contributed by atoms with van der Waals surface area (Å²) in [4.78, 5) is 24.5. The Morgan fingerprint density at radius 1 is 0.909 bits per heavy atom. The van der Waals surface area contributed by atoms with E-state index in [4.69, 9.17) is 0 Å². The van der Waals surface area contributed by atoms with Gasteiger partial charge in [0.05, 0.1) is 5.69 Å². The Hall–Kier alpha value is -4.20. The average Bonchev–Trinajstić information content (AvgIpc) is 3.04. The van der Waals surface area contributed by atoms with E-state index < -0.39 is 23.6 Å². The number of hydrogen-bond donors (Lipinski definition) is 3. The number of aryl methyl sites for hydroxylation is 1. The van der Waals surface area contributed by atoms with Crippen LogP contribution in [-0.4, -0.2) is 16.5 Å². The number of rotatable bonds is 4. The van der Waals surface area contributed by atoms with Gasteiger partial charge in [0.2, 0.25) is 0 Å². The van der Waals surface area contributed by atoms with Gasteiger partial charge in [0.15, 0.2) is 0 Å². The van der Waals surface area contributed by atoms with Crippen molar-refractivity contribution in [2.24, 2.45) is 0 Å². The molecule has 3 amide bonds. The van der Waals surface area contributed by atoms with Crippen LogP contribution in [0.5, 0.6) is 0 Å². The van der Waals surface area contributed by atoms with Crippen LogP contribution < -0.4 is 16.2 Å². The predicted molar refractivity (Wildman–Crippen MR) is 123 cm³/mol. The number of carbonyl (C=O) groups excluding carboxylic acids is 2. The summed E-state index contributed by atoms with van der Waals surface area (Å²) in [5, 5.41) is 3.15. The molecule has 0 radical (unpaired) electrons. The van der Waals surface area contributed by atoms with Gasteiger partial charge in [0, 0.05) is 34.8 Å². The van der Waals surface area contributed by atoms with Crippen molar-refractivity contribution in [1.29, 1.82) is 0 Å². The molecule has 0 aliphatic heterocycles. The number of nitrogens with zero attached hydrogens (tertiary/aromatic N) is 1. The lowest BCUT2D eigenvalue weighted by molar-refractivity contribution is 0.0938. The Labute approximate surface area is 189 Å². The van der Waals surface area contributed by atoms with Gasteiger partial charge in [-0.3, -0.25) is 10.2 Å². The molecule has 3 N–H and O–H groups in total. The Morgan fingerprint density at radius 3 is 2.39 bits per heavy atom. The first-order chi connectivity index (χ1) is 15.8. The van der Waals surface area contributed by atoms with Crippen molar-refractivity contribution in [1.82, 2.24) is 15.4 Å². The molecule has 0 atom stereocenters. The maximum absolute atomic E-state index is 13.7. The zero-order chi connectivity index (χ0) is 23.5. The number of benzene rings is 3. The van der Waals surface area contributed by atoms with E-state index in [0.29, 0.717) is 18.2 Å². The SMILES string of the molecule is Cc1c(C)n(Cc2ccccc2)c2ccc(C(=O)NNC(=O)Nc3ccc(F)cc3F)cc12. The Balaban J connectivity index is 1.47. The third-order valence-corrected chi connectivity index (χ3v) is 5.55. The normalized spacial score (nSPS) is 10.8. The van der Waals surface area contributed by atoms with Crippen LogP contribution >= 0.6 is 0 Å². The highest BCUT2D eigenvalue weighted by molar-refractivity contribution is 6.00. The van der Waals surface area contributed by atoms with Crippen molar-refractivity contribution >= 4 is 28.5 Å². The van der Waals surface area contributed by atoms with E-state index in [1.54, 1.807) is 12.1 Å². The van der Waals surface area contributed by atoms with Crippen molar-refractivity contribution in [2.45, 2.75) is 20.4 Å². The van der Waals surface area contributed by atoms with Gasteiger partial charge in [-0.1, -0.05) is 30.3 Å². The number of halogens is 2. The van der Waals surface area contributed by atoms with E-state index in [9.17, 15) is 18.4 Å². The standard InChI is InChI=1S/C25H22F2N4O2/c1-15-16(2)31(14-17-6-4-3-5-7-17)23-11-8-18(12-20(15)23)24(32)29-30-25(33)28-22-10-9-19(26)13-21(22)27/h3-13H,14H2,1-2H3,(H,29,32)(H2,28,30,33). The lowest BCUT2D eigenvalue weighted by atomic mass is 10.1. The molecule has 0 fully saturated rings. The lowest BCUT2D eigenvalue weighted by Gasteiger charge is -2.11. The number of carbonyl (C=O) groups is 2. The van der Waals surface area contributed by atoms with E-state index in [-0.39, 0.29) is 5.69 Å². The second-order valence-corrected chi connectivity index (χ2v) is 7.67. The van der Waals surface area contributed by atoms with Gasteiger partial charge in [-0.25, -0.2) is 19.0 Å². The molecule has 1 aromatic heterocycles. The van der Waals surface area contributed by atoms with Crippen molar-refractivity contribution in [3.05, 3.63) is 101 Å². The van der Waals surface area contributed by atoms with E-state index in [2.05, 4.69) is 32.9 Å². The maximum Gasteiger partial charge on any atom is 0.338 e. The molecule has 0 spiro atoms. The van der Waals surface area contributed by atoms with Gasteiger partial charge in [-0.15, -0.1) is 0 Å². The second-order valence-electron chi connectivity index (χ2n) is 7.67. The summed E-state index contributed by atoms with van der Waals surface area (Å²) >= 11 is 0. The second kappa shape index (κ2) is 9.12. The highest BCUT2D eigenvalue weighted by Gasteiger charge is 2.15. The number of aromatic nitrogens is 1. The molecule has 0 aliphatic rings. The number of hydrazine groups is 1. The number of nitrogens with one attached hydrogen (secondary N) is 3. The Bertz CT molecular complexity index is 1350.